The third-order valence-electron chi connectivity index (χ3n) is 4.26. The number of aliphatic hydroxyl groups is 1. The Bertz CT molecular complexity index is 637. The van der Waals surface area contributed by atoms with Crippen molar-refractivity contribution in [1.82, 2.24) is 9.80 Å². The van der Waals surface area contributed by atoms with E-state index in [4.69, 9.17) is 15.2 Å². The number of hydrogen-bond acceptors (Lipinski definition) is 6. The molecule has 8 nitrogen and oxygen atoms in total. The zero-order chi connectivity index (χ0) is 19.1. The molecule has 1 atom stereocenters. The number of amides is 2. The number of nitrogens with two attached hydrogens (primary N) is 1. The van der Waals surface area contributed by atoms with Crippen molar-refractivity contribution in [3.8, 4) is 11.5 Å². The number of carbonyl (C=O) groups excluding carboxylic acids is 2. The molecule has 26 heavy (non-hydrogen) atoms. The highest BCUT2D eigenvalue weighted by Gasteiger charge is 2.28. The molecule has 1 unspecified atom stereocenters. The van der Waals surface area contributed by atoms with Gasteiger partial charge in [0.2, 0.25) is 5.91 Å². The number of para-hydroxylation sites is 1. The Kier molecular flexibility index (Phi) is 7.23. The topological polar surface area (TPSA) is 105 Å². The summed E-state index contributed by atoms with van der Waals surface area (Å²) in [5.41, 5.74) is 5.87. The van der Waals surface area contributed by atoms with Gasteiger partial charge in [0.1, 0.15) is 0 Å². The highest BCUT2D eigenvalue weighted by Crippen LogP contribution is 2.32. The van der Waals surface area contributed by atoms with Gasteiger partial charge in [-0.15, -0.1) is 0 Å². The van der Waals surface area contributed by atoms with Gasteiger partial charge in [-0.05, 0) is 25.1 Å². The van der Waals surface area contributed by atoms with Crippen molar-refractivity contribution in [2.24, 2.45) is 5.73 Å². The average molecular weight is 365 g/mol. The summed E-state index contributed by atoms with van der Waals surface area (Å²) in [5.74, 6) is 0.450. The Labute approximate surface area is 153 Å². The molecule has 144 valence electrons. The lowest BCUT2D eigenvalue weighted by atomic mass is 10.1. The summed E-state index contributed by atoms with van der Waals surface area (Å²) in [6, 6.07) is 5.12. The fraction of sp³-hybridized carbons (Fsp3) is 0.556. The first kappa shape index (κ1) is 20.0. The highest BCUT2D eigenvalue weighted by atomic mass is 16.5. The van der Waals surface area contributed by atoms with Gasteiger partial charge in [0, 0.05) is 33.1 Å². The first-order valence-electron chi connectivity index (χ1n) is 8.70. The lowest BCUT2D eigenvalue weighted by Gasteiger charge is -2.23. The average Bonchev–Trinajstić information content (AvgIpc) is 2.83. The zero-order valence-electron chi connectivity index (χ0n) is 15.3. The second kappa shape index (κ2) is 9.40. The number of ether oxygens (including phenoxy) is 2. The summed E-state index contributed by atoms with van der Waals surface area (Å²) in [6.45, 7) is 3.41. The van der Waals surface area contributed by atoms with Crippen LogP contribution in [0.25, 0.3) is 0 Å². The van der Waals surface area contributed by atoms with Crippen molar-refractivity contribution in [1.29, 1.82) is 0 Å². The molecular weight excluding hydrogens is 338 g/mol. The minimum Gasteiger partial charge on any atom is -0.493 e. The van der Waals surface area contributed by atoms with E-state index in [2.05, 4.69) is 0 Å². The maximum atomic E-state index is 13.0. The lowest BCUT2D eigenvalue weighted by molar-refractivity contribution is -0.129. The molecule has 0 bridgehead atoms. The Morgan fingerprint density at radius 3 is 2.62 bits per heavy atom. The Morgan fingerprint density at radius 1 is 1.27 bits per heavy atom. The Hall–Kier alpha value is -2.32. The SMILES string of the molecule is COc1cccc(C(=O)N2CCN(C(C)=O)CC(O)C2)c1OCCCN. The van der Waals surface area contributed by atoms with Crippen LogP contribution in [-0.2, 0) is 4.79 Å². The molecule has 2 amide bonds. The molecule has 0 radical (unpaired) electrons. The molecule has 0 spiro atoms. The Morgan fingerprint density at radius 2 is 1.96 bits per heavy atom. The fourth-order valence-corrected chi connectivity index (χ4v) is 2.88. The minimum absolute atomic E-state index is 0.120. The van der Waals surface area contributed by atoms with Crippen LogP contribution in [0.5, 0.6) is 11.5 Å². The molecule has 0 aliphatic carbocycles. The number of methoxy groups -OCH3 is 1. The number of nitrogens with zero attached hydrogens (tertiary/aromatic N) is 2. The first-order chi connectivity index (χ1) is 12.5. The summed E-state index contributed by atoms with van der Waals surface area (Å²) in [7, 11) is 1.51. The maximum absolute atomic E-state index is 13.0. The van der Waals surface area contributed by atoms with Gasteiger partial charge in [-0.2, -0.15) is 0 Å². The lowest BCUT2D eigenvalue weighted by Crippen LogP contribution is -2.38. The molecule has 0 saturated carbocycles. The van der Waals surface area contributed by atoms with Gasteiger partial charge < -0.3 is 30.1 Å². The predicted octanol–water partition coefficient (Wildman–Crippen LogP) is 0.0880. The van der Waals surface area contributed by atoms with Crippen LogP contribution in [0.1, 0.15) is 23.7 Å². The van der Waals surface area contributed by atoms with Crippen molar-refractivity contribution in [2.75, 3.05) is 46.4 Å². The molecule has 1 aliphatic rings. The van der Waals surface area contributed by atoms with Crippen molar-refractivity contribution in [2.45, 2.75) is 19.4 Å². The van der Waals surface area contributed by atoms with Gasteiger partial charge in [0.05, 0.1) is 25.4 Å². The van der Waals surface area contributed by atoms with Crippen LogP contribution < -0.4 is 15.2 Å². The summed E-state index contributed by atoms with van der Waals surface area (Å²) < 4.78 is 11.1. The third kappa shape index (κ3) is 4.86. The monoisotopic (exact) mass is 365 g/mol. The fourth-order valence-electron chi connectivity index (χ4n) is 2.88. The van der Waals surface area contributed by atoms with E-state index in [-0.39, 0.29) is 24.9 Å². The van der Waals surface area contributed by atoms with Gasteiger partial charge in [-0.1, -0.05) is 6.07 Å². The molecule has 3 N–H and O–H groups in total. The molecule has 1 saturated heterocycles. The van der Waals surface area contributed by atoms with E-state index in [9.17, 15) is 14.7 Å². The number of hydrogen-bond donors (Lipinski definition) is 2. The number of aliphatic hydroxyl groups excluding tert-OH is 1. The van der Waals surface area contributed by atoms with Crippen LogP contribution >= 0.6 is 0 Å². The molecular formula is C18H27N3O5. The van der Waals surface area contributed by atoms with E-state index in [0.29, 0.717) is 49.7 Å². The van der Waals surface area contributed by atoms with Crippen LogP contribution in [0.3, 0.4) is 0 Å². The van der Waals surface area contributed by atoms with Crippen LogP contribution in [0.2, 0.25) is 0 Å². The number of β-amino-alcohol motifs (C(OH)–C–C–N with tert-alkyl or cyclic N) is 1. The summed E-state index contributed by atoms with van der Waals surface area (Å²) in [6.07, 6.45) is -0.139. The van der Waals surface area contributed by atoms with Crippen LogP contribution in [-0.4, -0.2) is 79.3 Å². The summed E-state index contributed by atoms with van der Waals surface area (Å²) in [4.78, 5) is 27.7. The molecule has 1 aromatic carbocycles. The number of benzene rings is 1. The van der Waals surface area contributed by atoms with Gasteiger partial charge in [0.25, 0.3) is 5.91 Å². The van der Waals surface area contributed by atoms with Crippen molar-refractivity contribution < 1.29 is 24.2 Å². The normalized spacial score (nSPS) is 17.6. The molecule has 8 heteroatoms. The van der Waals surface area contributed by atoms with E-state index in [1.807, 2.05) is 0 Å². The van der Waals surface area contributed by atoms with Crippen molar-refractivity contribution >= 4 is 11.8 Å². The van der Waals surface area contributed by atoms with E-state index in [1.54, 1.807) is 23.1 Å². The molecule has 1 fully saturated rings. The van der Waals surface area contributed by atoms with Gasteiger partial charge in [-0.25, -0.2) is 0 Å². The quantitative estimate of drug-likeness (QED) is 0.692. The second-order valence-corrected chi connectivity index (χ2v) is 6.20. The maximum Gasteiger partial charge on any atom is 0.257 e. The van der Waals surface area contributed by atoms with E-state index in [0.717, 1.165) is 0 Å². The molecule has 2 rings (SSSR count). The van der Waals surface area contributed by atoms with Crippen LogP contribution in [0, 0.1) is 0 Å². The van der Waals surface area contributed by atoms with Gasteiger partial charge in [-0.3, -0.25) is 9.59 Å². The van der Waals surface area contributed by atoms with E-state index < -0.39 is 6.10 Å². The largest absolute Gasteiger partial charge is 0.493 e. The number of rotatable bonds is 6. The van der Waals surface area contributed by atoms with E-state index in [1.165, 1.54) is 18.9 Å². The zero-order valence-corrected chi connectivity index (χ0v) is 15.3. The van der Waals surface area contributed by atoms with Gasteiger partial charge >= 0.3 is 0 Å². The van der Waals surface area contributed by atoms with Crippen molar-refractivity contribution in [3.05, 3.63) is 23.8 Å². The molecule has 0 aromatic heterocycles. The van der Waals surface area contributed by atoms with Crippen molar-refractivity contribution in [3.63, 3.8) is 0 Å². The van der Waals surface area contributed by atoms with E-state index >= 15 is 0 Å². The first-order valence-corrected chi connectivity index (χ1v) is 8.70. The second-order valence-electron chi connectivity index (χ2n) is 6.20. The summed E-state index contributed by atoms with van der Waals surface area (Å²) in [5, 5.41) is 10.2. The van der Waals surface area contributed by atoms with Crippen LogP contribution in [0.4, 0.5) is 0 Å². The predicted molar refractivity (Wildman–Crippen MR) is 96.3 cm³/mol. The molecule has 1 aliphatic heterocycles. The smallest absolute Gasteiger partial charge is 0.257 e. The summed E-state index contributed by atoms with van der Waals surface area (Å²) >= 11 is 0. The standard InChI is InChI=1S/C18H27N3O5/c1-13(22)20-8-9-21(12-14(23)11-20)18(24)15-5-3-6-16(25-2)17(15)26-10-4-7-19/h3,5-6,14,23H,4,7-12,19H2,1-2H3. The van der Waals surface area contributed by atoms with Gasteiger partial charge in [0.15, 0.2) is 11.5 Å². The third-order valence-corrected chi connectivity index (χ3v) is 4.26. The van der Waals surface area contributed by atoms with Crippen LogP contribution in [0.15, 0.2) is 18.2 Å². The molecule has 1 heterocycles. The molecule has 1 aromatic rings. The number of carbonyl (C=O) groups is 2. The Balaban J connectivity index is 2.23. The minimum atomic E-state index is -0.794. The highest BCUT2D eigenvalue weighted by molar-refractivity contribution is 5.98.